The fourth-order valence-electron chi connectivity index (χ4n) is 3.27. The van der Waals surface area contributed by atoms with Gasteiger partial charge in [0.2, 0.25) is 5.91 Å². The third-order valence-corrected chi connectivity index (χ3v) is 4.66. The SMILES string of the molecule is COc1ccc(NC(=O)CCc2cccc(OC3CCCC3)c2)cc1N. The Morgan fingerprint density at radius 2 is 2.00 bits per heavy atom. The number of hydrogen-bond donors (Lipinski definition) is 2. The minimum absolute atomic E-state index is 0.0447. The number of nitrogens with two attached hydrogens (primary N) is 1. The van der Waals surface area contributed by atoms with E-state index in [1.165, 1.54) is 12.8 Å². The van der Waals surface area contributed by atoms with E-state index < -0.39 is 0 Å². The van der Waals surface area contributed by atoms with Crippen molar-refractivity contribution in [3.63, 3.8) is 0 Å². The summed E-state index contributed by atoms with van der Waals surface area (Å²) in [4.78, 5) is 12.2. The van der Waals surface area contributed by atoms with E-state index in [1.807, 2.05) is 24.3 Å². The van der Waals surface area contributed by atoms with E-state index in [-0.39, 0.29) is 5.91 Å². The summed E-state index contributed by atoms with van der Waals surface area (Å²) < 4.78 is 11.1. The number of amides is 1. The van der Waals surface area contributed by atoms with E-state index in [9.17, 15) is 4.79 Å². The molecule has 0 heterocycles. The molecule has 3 N–H and O–H groups in total. The highest BCUT2D eigenvalue weighted by Gasteiger charge is 2.16. The molecule has 26 heavy (non-hydrogen) atoms. The van der Waals surface area contributed by atoms with Crippen LogP contribution in [-0.4, -0.2) is 19.1 Å². The molecule has 0 radical (unpaired) electrons. The quantitative estimate of drug-likeness (QED) is 0.732. The van der Waals surface area contributed by atoms with Crippen LogP contribution in [0.25, 0.3) is 0 Å². The Kier molecular flexibility index (Phi) is 6.00. The van der Waals surface area contributed by atoms with Crippen LogP contribution in [0.4, 0.5) is 11.4 Å². The number of nitrogens with one attached hydrogen (secondary N) is 1. The standard InChI is InChI=1S/C21H26N2O3/c1-25-20-11-10-16(14-19(20)22)23-21(24)12-9-15-5-4-8-18(13-15)26-17-6-2-3-7-17/h4-5,8,10-11,13-14,17H,2-3,6-7,9,12,22H2,1H3,(H,23,24). The molecule has 2 aromatic rings. The van der Waals surface area contributed by atoms with Gasteiger partial charge in [0.1, 0.15) is 11.5 Å². The molecule has 0 aromatic heterocycles. The highest BCUT2D eigenvalue weighted by Crippen LogP contribution is 2.26. The van der Waals surface area contributed by atoms with Gasteiger partial charge in [-0.1, -0.05) is 12.1 Å². The Hall–Kier alpha value is -2.69. The lowest BCUT2D eigenvalue weighted by molar-refractivity contribution is -0.116. The number of methoxy groups -OCH3 is 1. The number of carbonyl (C=O) groups excluding carboxylic acids is 1. The van der Waals surface area contributed by atoms with E-state index >= 15 is 0 Å². The Labute approximate surface area is 154 Å². The van der Waals surface area contributed by atoms with E-state index in [4.69, 9.17) is 15.2 Å². The van der Waals surface area contributed by atoms with Gasteiger partial charge in [-0.25, -0.2) is 0 Å². The first-order valence-electron chi connectivity index (χ1n) is 9.13. The average Bonchev–Trinajstić information content (AvgIpc) is 3.13. The predicted molar refractivity (Wildman–Crippen MR) is 104 cm³/mol. The zero-order chi connectivity index (χ0) is 18.4. The minimum atomic E-state index is -0.0447. The van der Waals surface area contributed by atoms with Gasteiger partial charge in [0.15, 0.2) is 0 Å². The zero-order valence-corrected chi connectivity index (χ0v) is 15.2. The maximum absolute atomic E-state index is 12.2. The van der Waals surface area contributed by atoms with Crippen LogP contribution in [0, 0.1) is 0 Å². The molecular formula is C21H26N2O3. The van der Waals surface area contributed by atoms with Crippen LogP contribution in [-0.2, 0) is 11.2 Å². The van der Waals surface area contributed by atoms with Crippen molar-refractivity contribution in [3.05, 3.63) is 48.0 Å². The van der Waals surface area contributed by atoms with E-state index in [1.54, 1.807) is 25.3 Å². The van der Waals surface area contributed by atoms with Gasteiger partial charge < -0.3 is 20.5 Å². The number of aryl methyl sites for hydroxylation is 1. The van der Waals surface area contributed by atoms with Crippen LogP contribution in [0.15, 0.2) is 42.5 Å². The second-order valence-electron chi connectivity index (χ2n) is 6.68. The fraction of sp³-hybridized carbons (Fsp3) is 0.381. The number of carbonyl (C=O) groups is 1. The van der Waals surface area contributed by atoms with Crippen molar-refractivity contribution in [3.8, 4) is 11.5 Å². The first kappa shape index (κ1) is 18.1. The van der Waals surface area contributed by atoms with Crippen LogP contribution in [0.2, 0.25) is 0 Å². The van der Waals surface area contributed by atoms with Gasteiger partial charge in [-0.3, -0.25) is 4.79 Å². The number of nitrogen functional groups attached to an aromatic ring is 1. The first-order chi connectivity index (χ1) is 12.6. The molecule has 1 aliphatic rings. The number of benzene rings is 2. The molecule has 0 bridgehead atoms. The van der Waals surface area contributed by atoms with Crippen LogP contribution in [0.5, 0.6) is 11.5 Å². The summed E-state index contributed by atoms with van der Waals surface area (Å²) in [7, 11) is 1.56. The Morgan fingerprint density at radius 3 is 2.73 bits per heavy atom. The average molecular weight is 354 g/mol. The van der Waals surface area contributed by atoms with Crippen LogP contribution in [0.1, 0.15) is 37.7 Å². The van der Waals surface area contributed by atoms with E-state index in [0.717, 1.165) is 24.2 Å². The summed E-state index contributed by atoms with van der Waals surface area (Å²) in [5, 5.41) is 2.87. The molecule has 1 aliphatic carbocycles. The van der Waals surface area contributed by atoms with Gasteiger partial charge in [-0.05, 0) is 68.0 Å². The predicted octanol–water partition coefficient (Wildman–Crippen LogP) is 4.17. The molecule has 3 rings (SSSR count). The molecular weight excluding hydrogens is 328 g/mol. The second-order valence-corrected chi connectivity index (χ2v) is 6.68. The van der Waals surface area contributed by atoms with Crippen molar-refractivity contribution in [2.75, 3.05) is 18.2 Å². The van der Waals surface area contributed by atoms with E-state index in [2.05, 4.69) is 5.32 Å². The summed E-state index contributed by atoms with van der Waals surface area (Å²) in [6.07, 6.45) is 6.18. The van der Waals surface area contributed by atoms with Crippen molar-refractivity contribution >= 4 is 17.3 Å². The minimum Gasteiger partial charge on any atom is -0.495 e. The van der Waals surface area contributed by atoms with Crippen LogP contribution < -0.4 is 20.5 Å². The van der Waals surface area contributed by atoms with Gasteiger partial charge in [0.05, 0.1) is 18.9 Å². The highest BCUT2D eigenvalue weighted by molar-refractivity contribution is 5.91. The van der Waals surface area contributed by atoms with Crippen molar-refractivity contribution in [1.82, 2.24) is 0 Å². The summed E-state index contributed by atoms with van der Waals surface area (Å²) in [5.74, 6) is 1.46. The normalized spacial score (nSPS) is 14.2. The fourth-order valence-corrected chi connectivity index (χ4v) is 3.27. The van der Waals surface area contributed by atoms with Gasteiger partial charge in [0.25, 0.3) is 0 Å². The first-order valence-corrected chi connectivity index (χ1v) is 9.13. The summed E-state index contributed by atoms with van der Waals surface area (Å²) >= 11 is 0. The van der Waals surface area contributed by atoms with Gasteiger partial charge in [-0.15, -0.1) is 0 Å². The lowest BCUT2D eigenvalue weighted by Gasteiger charge is -2.14. The molecule has 1 fully saturated rings. The molecule has 1 amide bonds. The largest absolute Gasteiger partial charge is 0.495 e. The Balaban J connectivity index is 1.51. The van der Waals surface area contributed by atoms with Gasteiger partial charge >= 0.3 is 0 Å². The zero-order valence-electron chi connectivity index (χ0n) is 15.2. The van der Waals surface area contributed by atoms with Gasteiger partial charge in [-0.2, -0.15) is 0 Å². The number of hydrogen-bond acceptors (Lipinski definition) is 4. The maximum atomic E-state index is 12.2. The topological polar surface area (TPSA) is 73.6 Å². The van der Waals surface area contributed by atoms with Crippen LogP contribution in [0.3, 0.4) is 0 Å². The molecule has 0 unspecified atom stereocenters. The molecule has 5 nitrogen and oxygen atoms in total. The number of anilines is 2. The Morgan fingerprint density at radius 1 is 1.19 bits per heavy atom. The summed E-state index contributed by atoms with van der Waals surface area (Å²) in [6, 6.07) is 13.3. The third-order valence-electron chi connectivity index (χ3n) is 4.66. The monoisotopic (exact) mass is 354 g/mol. The number of ether oxygens (including phenoxy) is 2. The van der Waals surface area contributed by atoms with Crippen molar-refractivity contribution < 1.29 is 14.3 Å². The molecule has 0 atom stereocenters. The molecule has 0 saturated heterocycles. The van der Waals surface area contributed by atoms with E-state index in [0.29, 0.717) is 36.1 Å². The molecule has 5 heteroatoms. The number of rotatable bonds is 7. The van der Waals surface area contributed by atoms with Gasteiger partial charge in [0, 0.05) is 12.1 Å². The molecule has 0 aliphatic heterocycles. The maximum Gasteiger partial charge on any atom is 0.224 e. The van der Waals surface area contributed by atoms with Crippen molar-refractivity contribution in [2.24, 2.45) is 0 Å². The third kappa shape index (κ3) is 4.91. The highest BCUT2D eigenvalue weighted by atomic mass is 16.5. The Bertz CT molecular complexity index is 755. The summed E-state index contributed by atoms with van der Waals surface area (Å²) in [6.45, 7) is 0. The summed E-state index contributed by atoms with van der Waals surface area (Å²) in [5.41, 5.74) is 8.14. The smallest absolute Gasteiger partial charge is 0.224 e. The van der Waals surface area contributed by atoms with Crippen LogP contribution >= 0.6 is 0 Å². The molecule has 138 valence electrons. The lowest BCUT2D eigenvalue weighted by Crippen LogP contribution is -2.13. The lowest BCUT2D eigenvalue weighted by atomic mass is 10.1. The van der Waals surface area contributed by atoms with Crippen molar-refractivity contribution in [2.45, 2.75) is 44.6 Å². The second kappa shape index (κ2) is 8.61. The molecule has 2 aromatic carbocycles. The van der Waals surface area contributed by atoms with Crippen molar-refractivity contribution in [1.29, 1.82) is 0 Å². The molecule has 1 saturated carbocycles. The molecule has 0 spiro atoms.